The van der Waals surface area contributed by atoms with Gasteiger partial charge >= 0.3 is 0 Å². The molecule has 160 valence electrons. The quantitative estimate of drug-likeness (QED) is 0.289. The van der Waals surface area contributed by atoms with E-state index in [9.17, 15) is 0 Å². The summed E-state index contributed by atoms with van der Waals surface area (Å²) in [6.45, 7) is 0.625. The Morgan fingerprint density at radius 2 is 1.33 bits per heavy atom. The van der Waals surface area contributed by atoms with Crippen LogP contribution in [0.2, 0.25) is 0 Å². The summed E-state index contributed by atoms with van der Waals surface area (Å²) < 4.78 is 4.50. The van der Waals surface area contributed by atoms with Crippen molar-refractivity contribution in [3.63, 3.8) is 0 Å². The maximum Gasteiger partial charge on any atom is 0.196 e. The van der Waals surface area contributed by atoms with Crippen LogP contribution in [-0.4, -0.2) is 24.3 Å². The van der Waals surface area contributed by atoms with Crippen molar-refractivity contribution in [3.8, 4) is 5.69 Å². The molecule has 3 aromatic carbocycles. The lowest BCUT2D eigenvalue weighted by atomic mass is 10.2. The molecule has 0 atom stereocenters. The fourth-order valence-electron chi connectivity index (χ4n) is 4.27. The fraction of sp³-hybridized carbons (Fsp3) is 0.0741. The molecular weight excluding hydrogens is 426 g/mol. The predicted molar refractivity (Wildman–Crippen MR) is 134 cm³/mol. The number of benzene rings is 3. The maximum absolute atomic E-state index is 4.64. The SMILES string of the molecule is c1ccc(-n2c(Cn3c4ccccc4c4ccccc43)nnc2SCc2ccccn2)cc1. The van der Waals surface area contributed by atoms with Crippen molar-refractivity contribution >= 4 is 33.6 Å². The van der Waals surface area contributed by atoms with Gasteiger partial charge in [-0.25, -0.2) is 0 Å². The van der Waals surface area contributed by atoms with E-state index in [0.717, 1.165) is 28.1 Å². The monoisotopic (exact) mass is 447 g/mol. The standard InChI is InChI=1S/C27H21N5S/c1-2-11-21(12-3-1)32-26(29-30-27(32)33-19-20-10-8-9-17-28-20)18-31-24-15-6-4-13-22(24)23-14-5-7-16-25(23)31/h1-17H,18-19H2. The number of hydrogen-bond donors (Lipinski definition) is 0. The molecule has 0 bridgehead atoms. The van der Waals surface area contributed by atoms with E-state index in [1.54, 1.807) is 11.8 Å². The highest BCUT2D eigenvalue weighted by molar-refractivity contribution is 7.98. The molecule has 6 aromatic rings. The van der Waals surface area contributed by atoms with Gasteiger partial charge in [-0.2, -0.15) is 0 Å². The van der Waals surface area contributed by atoms with Gasteiger partial charge in [0.15, 0.2) is 11.0 Å². The number of rotatable bonds is 6. The Morgan fingerprint density at radius 3 is 2.03 bits per heavy atom. The molecule has 0 fully saturated rings. The second-order valence-electron chi connectivity index (χ2n) is 7.80. The summed E-state index contributed by atoms with van der Waals surface area (Å²) in [5.74, 6) is 1.64. The van der Waals surface area contributed by atoms with Crippen molar-refractivity contribution in [1.29, 1.82) is 0 Å². The Hall–Kier alpha value is -3.90. The van der Waals surface area contributed by atoms with Crippen LogP contribution < -0.4 is 0 Å². The third-order valence-electron chi connectivity index (χ3n) is 5.77. The van der Waals surface area contributed by atoms with Gasteiger partial charge in [0, 0.05) is 39.4 Å². The van der Waals surface area contributed by atoms with E-state index in [-0.39, 0.29) is 0 Å². The Balaban J connectivity index is 1.45. The summed E-state index contributed by atoms with van der Waals surface area (Å²) in [6.07, 6.45) is 1.82. The lowest BCUT2D eigenvalue weighted by Gasteiger charge is -2.12. The second kappa shape index (κ2) is 8.56. The van der Waals surface area contributed by atoms with Crippen LogP contribution in [0.25, 0.3) is 27.5 Å². The Kier molecular flexibility index (Phi) is 5.13. The molecule has 0 amide bonds. The molecule has 6 rings (SSSR count). The zero-order chi connectivity index (χ0) is 22.0. The summed E-state index contributed by atoms with van der Waals surface area (Å²) in [7, 11) is 0. The summed E-state index contributed by atoms with van der Waals surface area (Å²) in [4.78, 5) is 4.45. The number of pyridine rings is 1. The van der Waals surface area contributed by atoms with Gasteiger partial charge in [0.1, 0.15) is 0 Å². The first kappa shape index (κ1) is 19.8. The maximum atomic E-state index is 4.64. The second-order valence-corrected chi connectivity index (χ2v) is 8.74. The zero-order valence-corrected chi connectivity index (χ0v) is 18.7. The number of fused-ring (bicyclic) bond motifs is 3. The molecule has 0 aliphatic heterocycles. The van der Waals surface area contributed by atoms with E-state index in [0.29, 0.717) is 6.54 Å². The average molecular weight is 448 g/mol. The fourth-order valence-corrected chi connectivity index (χ4v) is 5.16. The van der Waals surface area contributed by atoms with Crippen LogP contribution in [0.5, 0.6) is 0 Å². The van der Waals surface area contributed by atoms with Gasteiger partial charge in [0.25, 0.3) is 0 Å². The molecule has 0 radical (unpaired) electrons. The zero-order valence-electron chi connectivity index (χ0n) is 17.9. The van der Waals surface area contributed by atoms with E-state index < -0.39 is 0 Å². The van der Waals surface area contributed by atoms with Crippen molar-refractivity contribution in [1.82, 2.24) is 24.3 Å². The number of nitrogens with zero attached hydrogens (tertiary/aromatic N) is 5. The van der Waals surface area contributed by atoms with Gasteiger partial charge in [0.2, 0.25) is 0 Å². The molecule has 0 unspecified atom stereocenters. The molecule has 0 spiro atoms. The highest BCUT2D eigenvalue weighted by atomic mass is 32.2. The van der Waals surface area contributed by atoms with Gasteiger partial charge in [-0.1, -0.05) is 72.4 Å². The molecule has 0 N–H and O–H groups in total. The van der Waals surface area contributed by atoms with Gasteiger partial charge < -0.3 is 4.57 Å². The van der Waals surface area contributed by atoms with Crippen molar-refractivity contribution < 1.29 is 0 Å². The van der Waals surface area contributed by atoms with Crippen LogP contribution in [0, 0.1) is 0 Å². The molecule has 3 heterocycles. The molecule has 0 saturated heterocycles. The molecule has 0 aliphatic rings. The van der Waals surface area contributed by atoms with E-state index >= 15 is 0 Å². The molecule has 0 aliphatic carbocycles. The first-order chi connectivity index (χ1) is 16.4. The largest absolute Gasteiger partial charge is 0.333 e. The lowest BCUT2D eigenvalue weighted by molar-refractivity contribution is 0.753. The first-order valence-corrected chi connectivity index (χ1v) is 11.9. The first-order valence-electron chi connectivity index (χ1n) is 10.9. The molecular formula is C27H21N5S. The Bertz CT molecular complexity index is 1480. The van der Waals surface area contributed by atoms with E-state index in [4.69, 9.17) is 0 Å². The van der Waals surface area contributed by atoms with Crippen molar-refractivity contribution in [2.24, 2.45) is 0 Å². The van der Waals surface area contributed by atoms with E-state index in [2.05, 4.69) is 85.0 Å². The summed E-state index contributed by atoms with van der Waals surface area (Å²) >= 11 is 1.65. The molecule has 0 saturated carbocycles. The highest BCUT2D eigenvalue weighted by Crippen LogP contribution is 2.31. The summed E-state index contributed by atoms with van der Waals surface area (Å²) in [5, 5.41) is 12.6. The van der Waals surface area contributed by atoms with Crippen LogP contribution in [0.4, 0.5) is 0 Å². The van der Waals surface area contributed by atoms with Gasteiger partial charge in [-0.05, 0) is 36.4 Å². The number of thioether (sulfide) groups is 1. The van der Waals surface area contributed by atoms with Crippen LogP contribution in [0.15, 0.2) is 108 Å². The van der Waals surface area contributed by atoms with Crippen LogP contribution in [-0.2, 0) is 12.3 Å². The highest BCUT2D eigenvalue weighted by Gasteiger charge is 2.18. The Morgan fingerprint density at radius 1 is 0.667 bits per heavy atom. The number of hydrogen-bond acceptors (Lipinski definition) is 4. The molecule has 6 heteroatoms. The van der Waals surface area contributed by atoms with Gasteiger partial charge in [-0.3, -0.25) is 9.55 Å². The molecule has 5 nitrogen and oxygen atoms in total. The third-order valence-corrected chi connectivity index (χ3v) is 6.73. The van der Waals surface area contributed by atoms with Gasteiger partial charge in [-0.15, -0.1) is 10.2 Å². The number of para-hydroxylation sites is 3. The van der Waals surface area contributed by atoms with E-state index in [1.807, 2.05) is 42.6 Å². The average Bonchev–Trinajstić information content (AvgIpc) is 3.43. The number of aromatic nitrogens is 5. The smallest absolute Gasteiger partial charge is 0.196 e. The summed E-state index contributed by atoms with van der Waals surface area (Å²) in [5.41, 5.74) is 4.48. The lowest BCUT2D eigenvalue weighted by Crippen LogP contribution is -2.08. The third kappa shape index (κ3) is 3.68. The van der Waals surface area contributed by atoms with Gasteiger partial charge in [0.05, 0.1) is 12.2 Å². The minimum absolute atomic E-state index is 0.625. The molecule has 33 heavy (non-hydrogen) atoms. The normalized spacial score (nSPS) is 11.4. The molecule has 3 aromatic heterocycles. The van der Waals surface area contributed by atoms with Crippen molar-refractivity contribution in [2.75, 3.05) is 0 Å². The Labute approximate surface area is 195 Å². The minimum atomic E-state index is 0.625. The van der Waals surface area contributed by atoms with Crippen LogP contribution >= 0.6 is 11.8 Å². The predicted octanol–water partition coefficient (Wildman–Crippen LogP) is 6.11. The van der Waals surface area contributed by atoms with Crippen molar-refractivity contribution in [2.45, 2.75) is 17.5 Å². The van der Waals surface area contributed by atoms with E-state index in [1.165, 1.54) is 21.8 Å². The van der Waals surface area contributed by atoms with Crippen LogP contribution in [0.1, 0.15) is 11.5 Å². The van der Waals surface area contributed by atoms with Crippen molar-refractivity contribution in [3.05, 3.63) is 115 Å². The van der Waals surface area contributed by atoms with Crippen LogP contribution in [0.3, 0.4) is 0 Å². The minimum Gasteiger partial charge on any atom is -0.333 e. The topological polar surface area (TPSA) is 48.5 Å². The summed E-state index contributed by atoms with van der Waals surface area (Å²) in [6, 6.07) is 33.4.